The number of amides is 1. The van der Waals surface area contributed by atoms with Gasteiger partial charge in [-0.1, -0.05) is 18.2 Å². The molecule has 0 aliphatic rings. The minimum absolute atomic E-state index is 0.141. The maximum atomic E-state index is 11.8. The van der Waals surface area contributed by atoms with Crippen LogP contribution in [0, 0.1) is 0 Å². The van der Waals surface area contributed by atoms with Crippen LogP contribution in [0.1, 0.15) is 21.5 Å². The van der Waals surface area contributed by atoms with E-state index in [9.17, 15) is 9.90 Å². The van der Waals surface area contributed by atoms with Crippen LogP contribution < -0.4 is 5.32 Å². The molecule has 0 spiro atoms. The molecule has 2 N–H and O–H groups in total. The zero-order valence-corrected chi connectivity index (χ0v) is 11.9. The second-order valence-corrected chi connectivity index (χ2v) is 5.62. The van der Waals surface area contributed by atoms with E-state index >= 15 is 0 Å². The standard InChI is InChI=1S/C15H13N3O2S/c19-12(9-18-15(20)11-8-16-5-6-17-11)14-7-10-3-1-2-4-13(10)21-14/h1-8,12,19H,9H2,(H,18,20). The third-order valence-corrected chi connectivity index (χ3v) is 4.24. The molecule has 3 aromatic rings. The van der Waals surface area contributed by atoms with Gasteiger partial charge in [-0.15, -0.1) is 11.3 Å². The number of hydrogen-bond donors (Lipinski definition) is 2. The summed E-state index contributed by atoms with van der Waals surface area (Å²) >= 11 is 1.52. The van der Waals surface area contributed by atoms with Gasteiger partial charge in [0, 0.05) is 28.5 Å². The van der Waals surface area contributed by atoms with Gasteiger partial charge in [0.15, 0.2) is 0 Å². The lowest BCUT2D eigenvalue weighted by atomic mass is 10.2. The number of aliphatic hydroxyl groups is 1. The predicted octanol–water partition coefficient (Wildman–Crippen LogP) is 2.15. The van der Waals surface area contributed by atoms with Crippen molar-refractivity contribution in [3.8, 4) is 0 Å². The first-order chi connectivity index (χ1) is 10.2. The van der Waals surface area contributed by atoms with Gasteiger partial charge in [-0.25, -0.2) is 4.98 Å². The summed E-state index contributed by atoms with van der Waals surface area (Å²) in [4.78, 5) is 20.4. The van der Waals surface area contributed by atoms with Crippen LogP contribution in [0.2, 0.25) is 0 Å². The number of thiophene rings is 1. The maximum Gasteiger partial charge on any atom is 0.271 e. The average molecular weight is 299 g/mol. The normalized spacial score (nSPS) is 12.2. The van der Waals surface area contributed by atoms with Crippen LogP contribution in [-0.2, 0) is 0 Å². The molecule has 0 saturated heterocycles. The number of aliphatic hydroxyl groups excluding tert-OH is 1. The topological polar surface area (TPSA) is 75.1 Å². The van der Waals surface area contributed by atoms with Crippen molar-refractivity contribution in [3.63, 3.8) is 0 Å². The van der Waals surface area contributed by atoms with Crippen molar-refractivity contribution < 1.29 is 9.90 Å². The predicted molar refractivity (Wildman–Crippen MR) is 81.2 cm³/mol. The molecule has 1 aromatic carbocycles. The number of aromatic nitrogens is 2. The highest BCUT2D eigenvalue weighted by atomic mass is 32.1. The Morgan fingerprint density at radius 2 is 2.19 bits per heavy atom. The molecule has 1 atom stereocenters. The minimum Gasteiger partial charge on any atom is -0.386 e. The molecule has 1 amide bonds. The Hall–Kier alpha value is -2.31. The summed E-state index contributed by atoms with van der Waals surface area (Å²) in [7, 11) is 0. The summed E-state index contributed by atoms with van der Waals surface area (Å²) in [6.45, 7) is 0.141. The monoisotopic (exact) mass is 299 g/mol. The summed E-state index contributed by atoms with van der Waals surface area (Å²) in [5.74, 6) is -0.344. The van der Waals surface area contributed by atoms with Crippen molar-refractivity contribution in [2.45, 2.75) is 6.10 Å². The first-order valence-corrected chi connectivity index (χ1v) is 7.26. The van der Waals surface area contributed by atoms with Gasteiger partial charge in [0.2, 0.25) is 0 Å². The fraction of sp³-hybridized carbons (Fsp3) is 0.133. The van der Waals surface area contributed by atoms with E-state index in [0.29, 0.717) is 0 Å². The van der Waals surface area contributed by atoms with Gasteiger partial charge in [-0.05, 0) is 17.5 Å². The molecule has 0 aliphatic heterocycles. The summed E-state index contributed by atoms with van der Waals surface area (Å²) in [5, 5.41) is 13.9. The lowest BCUT2D eigenvalue weighted by Crippen LogP contribution is -2.28. The number of carbonyl (C=O) groups is 1. The fourth-order valence-corrected chi connectivity index (χ4v) is 3.01. The Labute approximate surface area is 125 Å². The fourth-order valence-electron chi connectivity index (χ4n) is 1.96. The van der Waals surface area contributed by atoms with Crippen molar-refractivity contribution in [2.24, 2.45) is 0 Å². The summed E-state index contributed by atoms with van der Waals surface area (Å²) < 4.78 is 1.12. The van der Waals surface area contributed by atoms with Crippen LogP contribution in [-0.4, -0.2) is 27.5 Å². The maximum absolute atomic E-state index is 11.8. The Bertz CT molecular complexity index is 725. The van der Waals surface area contributed by atoms with Gasteiger partial charge in [-0.2, -0.15) is 0 Å². The lowest BCUT2D eigenvalue weighted by Gasteiger charge is -2.09. The van der Waals surface area contributed by atoms with E-state index in [0.717, 1.165) is 15.0 Å². The molecule has 5 nitrogen and oxygen atoms in total. The first kappa shape index (κ1) is 13.7. The van der Waals surface area contributed by atoms with Crippen LogP contribution in [0.3, 0.4) is 0 Å². The van der Waals surface area contributed by atoms with E-state index in [1.54, 1.807) is 0 Å². The molecule has 0 bridgehead atoms. The van der Waals surface area contributed by atoms with Gasteiger partial charge >= 0.3 is 0 Å². The van der Waals surface area contributed by atoms with E-state index in [-0.39, 0.29) is 18.1 Å². The number of rotatable bonds is 4. The Balaban J connectivity index is 1.66. The molecule has 3 rings (SSSR count). The molecule has 2 aromatic heterocycles. The third kappa shape index (κ3) is 3.07. The van der Waals surface area contributed by atoms with Gasteiger partial charge in [0.25, 0.3) is 5.91 Å². The van der Waals surface area contributed by atoms with Crippen molar-refractivity contribution in [3.05, 3.63) is 59.5 Å². The Morgan fingerprint density at radius 1 is 1.33 bits per heavy atom. The zero-order chi connectivity index (χ0) is 14.7. The van der Waals surface area contributed by atoms with E-state index in [1.165, 1.54) is 29.9 Å². The van der Waals surface area contributed by atoms with E-state index in [4.69, 9.17) is 0 Å². The summed E-state index contributed by atoms with van der Waals surface area (Å²) in [6.07, 6.45) is 3.62. The highest BCUT2D eigenvalue weighted by Gasteiger charge is 2.14. The van der Waals surface area contributed by atoms with Crippen LogP contribution >= 0.6 is 11.3 Å². The quantitative estimate of drug-likeness (QED) is 0.774. The number of nitrogens with one attached hydrogen (secondary N) is 1. The smallest absolute Gasteiger partial charge is 0.271 e. The highest BCUT2D eigenvalue weighted by Crippen LogP contribution is 2.29. The largest absolute Gasteiger partial charge is 0.386 e. The number of nitrogens with zero attached hydrogens (tertiary/aromatic N) is 2. The third-order valence-electron chi connectivity index (χ3n) is 3.02. The number of hydrogen-bond acceptors (Lipinski definition) is 5. The van der Waals surface area contributed by atoms with Crippen molar-refractivity contribution in [1.82, 2.24) is 15.3 Å². The Morgan fingerprint density at radius 3 is 2.95 bits per heavy atom. The number of benzene rings is 1. The van der Waals surface area contributed by atoms with E-state index < -0.39 is 6.10 Å². The van der Waals surface area contributed by atoms with Crippen LogP contribution in [0.5, 0.6) is 0 Å². The van der Waals surface area contributed by atoms with Crippen LogP contribution in [0.15, 0.2) is 48.9 Å². The van der Waals surface area contributed by atoms with E-state index in [2.05, 4.69) is 15.3 Å². The molecule has 1 unspecified atom stereocenters. The minimum atomic E-state index is -0.733. The van der Waals surface area contributed by atoms with Crippen LogP contribution in [0.4, 0.5) is 0 Å². The molecule has 0 saturated carbocycles. The van der Waals surface area contributed by atoms with Crippen molar-refractivity contribution >= 4 is 27.3 Å². The molecule has 0 aliphatic carbocycles. The lowest BCUT2D eigenvalue weighted by molar-refractivity contribution is 0.0912. The average Bonchev–Trinajstić information content (AvgIpc) is 2.97. The zero-order valence-electron chi connectivity index (χ0n) is 11.1. The molecule has 2 heterocycles. The molecule has 6 heteroatoms. The van der Waals surface area contributed by atoms with Gasteiger partial charge in [0.1, 0.15) is 11.8 Å². The highest BCUT2D eigenvalue weighted by molar-refractivity contribution is 7.19. The van der Waals surface area contributed by atoms with Crippen molar-refractivity contribution in [1.29, 1.82) is 0 Å². The van der Waals surface area contributed by atoms with Gasteiger partial charge < -0.3 is 10.4 Å². The second kappa shape index (κ2) is 5.99. The van der Waals surface area contributed by atoms with Gasteiger partial charge in [-0.3, -0.25) is 9.78 Å². The molecule has 0 radical (unpaired) electrons. The molecular weight excluding hydrogens is 286 g/mol. The summed E-state index contributed by atoms with van der Waals surface area (Å²) in [5.41, 5.74) is 0.237. The molecule has 106 valence electrons. The van der Waals surface area contributed by atoms with Crippen molar-refractivity contribution in [2.75, 3.05) is 6.54 Å². The van der Waals surface area contributed by atoms with E-state index in [1.807, 2.05) is 30.3 Å². The summed E-state index contributed by atoms with van der Waals surface area (Å²) in [6, 6.07) is 9.87. The first-order valence-electron chi connectivity index (χ1n) is 6.45. The van der Waals surface area contributed by atoms with Crippen LogP contribution in [0.25, 0.3) is 10.1 Å². The molecular formula is C15H13N3O2S. The Kier molecular flexibility index (Phi) is 3.89. The molecule has 0 fully saturated rings. The van der Waals surface area contributed by atoms with Gasteiger partial charge in [0.05, 0.1) is 6.20 Å². The number of fused-ring (bicyclic) bond motifs is 1. The molecule has 21 heavy (non-hydrogen) atoms. The number of carbonyl (C=O) groups excluding carboxylic acids is 1. The second-order valence-electron chi connectivity index (χ2n) is 4.50. The SMILES string of the molecule is O=C(NCC(O)c1cc2ccccc2s1)c1cnccn1.